The van der Waals surface area contributed by atoms with Gasteiger partial charge in [0.2, 0.25) is 10.0 Å². The van der Waals surface area contributed by atoms with Gasteiger partial charge in [-0.25, -0.2) is 8.42 Å². The average molecular weight is 282 g/mol. The van der Waals surface area contributed by atoms with Crippen LogP contribution in [-0.4, -0.2) is 38.4 Å². The molecular formula is C14H22N2O2S. The zero-order valence-corrected chi connectivity index (χ0v) is 12.4. The molecule has 0 atom stereocenters. The van der Waals surface area contributed by atoms with Crippen molar-refractivity contribution in [1.82, 2.24) is 9.62 Å². The van der Waals surface area contributed by atoms with E-state index < -0.39 is 10.0 Å². The second-order valence-electron chi connectivity index (χ2n) is 5.00. The van der Waals surface area contributed by atoms with Crippen molar-refractivity contribution in [3.63, 3.8) is 0 Å². The highest BCUT2D eigenvalue weighted by Crippen LogP contribution is 2.23. The number of hydrogen-bond acceptors (Lipinski definition) is 3. The summed E-state index contributed by atoms with van der Waals surface area (Å²) in [5, 5.41) is 3.39. The number of piperidine rings is 1. The van der Waals surface area contributed by atoms with Gasteiger partial charge in [-0.1, -0.05) is 25.1 Å². The second kappa shape index (κ2) is 6.03. The van der Waals surface area contributed by atoms with Gasteiger partial charge in [-0.05, 0) is 37.9 Å². The fourth-order valence-corrected chi connectivity index (χ4v) is 4.27. The molecule has 0 saturated carbocycles. The molecule has 0 aromatic heterocycles. The van der Waals surface area contributed by atoms with Gasteiger partial charge >= 0.3 is 0 Å². The first-order valence-electron chi connectivity index (χ1n) is 6.85. The minimum Gasteiger partial charge on any atom is -0.314 e. The zero-order chi connectivity index (χ0) is 13.9. The van der Waals surface area contributed by atoms with Crippen molar-refractivity contribution < 1.29 is 8.42 Å². The van der Waals surface area contributed by atoms with E-state index in [2.05, 4.69) is 12.2 Å². The third-order valence-corrected chi connectivity index (χ3v) is 5.72. The maximum Gasteiger partial charge on any atom is 0.243 e. The molecule has 0 amide bonds. The van der Waals surface area contributed by atoms with Crippen molar-refractivity contribution in [3.8, 4) is 0 Å². The van der Waals surface area contributed by atoms with Gasteiger partial charge in [0.05, 0.1) is 4.90 Å². The summed E-state index contributed by atoms with van der Waals surface area (Å²) < 4.78 is 26.8. The highest BCUT2D eigenvalue weighted by atomic mass is 32.2. The average Bonchev–Trinajstić information content (AvgIpc) is 2.40. The van der Waals surface area contributed by atoms with Gasteiger partial charge in [0, 0.05) is 19.1 Å². The molecule has 106 valence electrons. The Morgan fingerprint density at radius 2 is 1.89 bits per heavy atom. The van der Waals surface area contributed by atoms with Gasteiger partial charge in [-0.2, -0.15) is 4.31 Å². The zero-order valence-electron chi connectivity index (χ0n) is 11.6. The van der Waals surface area contributed by atoms with E-state index >= 15 is 0 Å². The van der Waals surface area contributed by atoms with E-state index in [0.29, 0.717) is 24.0 Å². The number of aryl methyl sites for hydroxylation is 1. The smallest absolute Gasteiger partial charge is 0.243 e. The predicted octanol–water partition coefficient (Wildman–Crippen LogP) is 1.76. The first-order chi connectivity index (χ1) is 9.05. The van der Waals surface area contributed by atoms with Crippen LogP contribution in [-0.2, 0) is 10.0 Å². The minimum atomic E-state index is -3.33. The molecule has 4 nitrogen and oxygen atoms in total. The van der Waals surface area contributed by atoms with Gasteiger partial charge in [0.15, 0.2) is 0 Å². The van der Waals surface area contributed by atoms with Crippen LogP contribution >= 0.6 is 0 Å². The number of hydrogen-bond donors (Lipinski definition) is 1. The molecule has 0 aliphatic carbocycles. The van der Waals surface area contributed by atoms with Gasteiger partial charge in [-0.15, -0.1) is 0 Å². The third kappa shape index (κ3) is 3.16. The molecule has 5 heteroatoms. The highest BCUT2D eigenvalue weighted by Gasteiger charge is 2.29. The maximum absolute atomic E-state index is 12.6. The molecule has 0 unspecified atom stereocenters. The van der Waals surface area contributed by atoms with Crippen molar-refractivity contribution in [3.05, 3.63) is 29.8 Å². The molecule has 0 radical (unpaired) electrons. The van der Waals surface area contributed by atoms with Crippen molar-refractivity contribution in [2.45, 2.75) is 37.6 Å². The molecule has 19 heavy (non-hydrogen) atoms. The van der Waals surface area contributed by atoms with E-state index in [1.165, 1.54) is 0 Å². The molecule has 0 bridgehead atoms. The molecule has 1 N–H and O–H groups in total. The van der Waals surface area contributed by atoms with Crippen LogP contribution in [0, 0.1) is 6.92 Å². The van der Waals surface area contributed by atoms with Crippen LogP contribution in [0.5, 0.6) is 0 Å². The molecule has 1 aromatic carbocycles. The number of rotatable bonds is 4. The number of nitrogens with one attached hydrogen (secondary N) is 1. The molecule has 1 aliphatic rings. The van der Waals surface area contributed by atoms with Crippen molar-refractivity contribution in [2.24, 2.45) is 0 Å². The third-order valence-electron chi connectivity index (χ3n) is 3.66. The largest absolute Gasteiger partial charge is 0.314 e. The molecule has 1 aliphatic heterocycles. The van der Waals surface area contributed by atoms with Crippen LogP contribution in [0.1, 0.15) is 25.3 Å². The Hall–Kier alpha value is -0.910. The maximum atomic E-state index is 12.6. The number of benzene rings is 1. The molecule has 2 rings (SSSR count). The summed E-state index contributed by atoms with van der Waals surface area (Å²) >= 11 is 0. The topological polar surface area (TPSA) is 49.4 Å². The lowest BCUT2D eigenvalue weighted by Gasteiger charge is -2.31. The van der Waals surface area contributed by atoms with Crippen LogP contribution in [0.4, 0.5) is 0 Å². The first kappa shape index (κ1) is 14.5. The Bertz CT molecular complexity index is 520. The fourth-order valence-electron chi connectivity index (χ4n) is 2.57. The van der Waals surface area contributed by atoms with E-state index in [1.54, 1.807) is 16.4 Å². The lowest BCUT2D eigenvalue weighted by Crippen LogP contribution is -2.44. The van der Waals surface area contributed by atoms with E-state index in [9.17, 15) is 8.42 Å². The molecule has 1 fully saturated rings. The SMILES string of the molecule is CCNC1CCN(S(=O)(=O)c2ccccc2C)CC1. The summed E-state index contributed by atoms with van der Waals surface area (Å²) in [5.74, 6) is 0. The molecule has 1 aromatic rings. The van der Waals surface area contributed by atoms with E-state index in [-0.39, 0.29) is 0 Å². The first-order valence-corrected chi connectivity index (χ1v) is 8.29. The Labute approximate surface area is 115 Å². The molecule has 0 spiro atoms. The summed E-state index contributed by atoms with van der Waals surface area (Å²) in [6, 6.07) is 7.64. The van der Waals surface area contributed by atoms with Gasteiger partial charge in [-0.3, -0.25) is 0 Å². The van der Waals surface area contributed by atoms with E-state index in [1.807, 2.05) is 19.1 Å². The quantitative estimate of drug-likeness (QED) is 0.915. The van der Waals surface area contributed by atoms with Crippen LogP contribution < -0.4 is 5.32 Å². The van der Waals surface area contributed by atoms with Crippen LogP contribution in [0.15, 0.2) is 29.2 Å². The lowest BCUT2D eigenvalue weighted by atomic mass is 10.1. The number of nitrogens with zero attached hydrogens (tertiary/aromatic N) is 1. The van der Waals surface area contributed by atoms with Gasteiger partial charge < -0.3 is 5.32 Å². The Balaban J connectivity index is 2.12. The van der Waals surface area contributed by atoms with Gasteiger partial charge in [0.1, 0.15) is 0 Å². The van der Waals surface area contributed by atoms with Crippen LogP contribution in [0.2, 0.25) is 0 Å². The van der Waals surface area contributed by atoms with Crippen molar-refractivity contribution >= 4 is 10.0 Å². The minimum absolute atomic E-state index is 0.442. The summed E-state index contributed by atoms with van der Waals surface area (Å²) in [7, 11) is -3.33. The Morgan fingerprint density at radius 1 is 1.26 bits per heavy atom. The highest BCUT2D eigenvalue weighted by molar-refractivity contribution is 7.89. The van der Waals surface area contributed by atoms with Crippen molar-refractivity contribution in [1.29, 1.82) is 0 Å². The Kier molecular flexibility index (Phi) is 4.60. The Morgan fingerprint density at radius 3 is 2.47 bits per heavy atom. The summed E-state index contributed by atoms with van der Waals surface area (Å²) in [6.07, 6.45) is 1.78. The summed E-state index contributed by atoms with van der Waals surface area (Å²) in [4.78, 5) is 0.442. The van der Waals surface area contributed by atoms with Crippen molar-refractivity contribution in [2.75, 3.05) is 19.6 Å². The molecule has 1 saturated heterocycles. The number of sulfonamides is 1. The van der Waals surface area contributed by atoms with Crippen LogP contribution in [0.25, 0.3) is 0 Å². The second-order valence-corrected chi connectivity index (χ2v) is 6.91. The van der Waals surface area contributed by atoms with Gasteiger partial charge in [0.25, 0.3) is 0 Å². The predicted molar refractivity (Wildman–Crippen MR) is 76.6 cm³/mol. The van der Waals surface area contributed by atoms with E-state index in [4.69, 9.17) is 0 Å². The van der Waals surface area contributed by atoms with E-state index in [0.717, 1.165) is 24.9 Å². The lowest BCUT2D eigenvalue weighted by molar-refractivity contribution is 0.292. The standard InChI is InChI=1S/C14H22N2O2S/c1-3-15-13-8-10-16(11-9-13)19(17,18)14-7-5-4-6-12(14)2/h4-7,13,15H,3,8-11H2,1-2H3. The molecule has 1 heterocycles. The summed E-state index contributed by atoms with van der Waals surface area (Å²) in [5.41, 5.74) is 0.816. The molecular weight excluding hydrogens is 260 g/mol. The monoisotopic (exact) mass is 282 g/mol. The summed E-state index contributed by atoms with van der Waals surface area (Å²) in [6.45, 7) is 6.08. The van der Waals surface area contributed by atoms with Crippen LogP contribution in [0.3, 0.4) is 0 Å². The fraction of sp³-hybridized carbons (Fsp3) is 0.571. The normalized spacial score (nSPS) is 18.6.